The molecule has 0 aliphatic heterocycles. The molecule has 0 fully saturated rings. The summed E-state index contributed by atoms with van der Waals surface area (Å²) in [6.45, 7) is 0. The van der Waals surface area contributed by atoms with E-state index in [1.807, 2.05) is 30.3 Å². The van der Waals surface area contributed by atoms with E-state index in [9.17, 15) is 9.59 Å². The van der Waals surface area contributed by atoms with Crippen LogP contribution in [0.3, 0.4) is 0 Å². The van der Waals surface area contributed by atoms with Crippen LogP contribution in [0.1, 0.15) is 12.0 Å². The summed E-state index contributed by atoms with van der Waals surface area (Å²) in [6.07, 6.45) is 0.612. The molecule has 4 rings (SSSR count). The second-order valence-electron chi connectivity index (χ2n) is 7.24. The summed E-state index contributed by atoms with van der Waals surface area (Å²) in [5.41, 5.74) is 1.45. The predicted molar refractivity (Wildman–Crippen MR) is 129 cm³/mol. The molecule has 0 aliphatic rings. The lowest BCUT2D eigenvalue weighted by Gasteiger charge is -2.14. The Morgan fingerprint density at radius 2 is 1.67 bits per heavy atom. The van der Waals surface area contributed by atoms with Gasteiger partial charge in [-0.1, -0.05) is 42.5 Å². The number of halogens is 1. The van der Waals surface area contributed by atoms with Gasteiger partial charge < -0.3 is 18.6 Å². The Morgan fingerprint density at radius 3 is 2.39 bits per heavy atom. The van der Waals surface area contributed by atoms with Crippen LogP contribution in [0.15, 0.2) is 80.4 Å². The molecule has 0 amide bonds. The molecule has 168 valence electrons. The van der Waals surface area contributed by atoms with E-state index in [2.05, 4.69) is 15.9 Å². The van der Waals surface area contributed by atoms with Crippen LogP contribution < -0.4 is 19.6 Å². The zero-order chi connectivity index (χ0) is 23.4. The number of fused-ring (bicyclic) bond motifs is 1. The van der Waals surface area contributed by atoms with Crippen LogP contribution in [0.4, 0.5) is 0 Å². The maximum atomic E-state index is 13.3. The number of hydrogen-bond acceptors (Lipinski definition) is 6. The van der Waals surface area contributed by atoms with E-state index in [0.717, 1.165) is 5.56 Å². The predicted octanol–water partition coefficient (Wildman–Crippen LogP) is 5.78. The number of aryl methyl sites for hydroxylation is 1. The van der Waals surface area contributed by atoms with Crippen molar-refractivity contribution in [1.82, 2.24) is 0 Å². The number of rotatable bonds is 7. The lowest BCUT2D eigenvalue weighted by atomic mass is 10.1. The van der Waals surface area contributed by atoms with Gasteiger partial charge in [0.1, 0.15) is 5.58 Å². The first-order valence-corrected chi connectivity index (χ1v) is 11.0. The number of para-hydroxylation sites is 1. The van der Waals surface area contributed by atoms with Crippen molar-refractivity contribution in [2.75, 3.05) is 14.2 Å². The quantitative estimate of drug-likeness (QED) is 0.294. The molecule has 6 nitrogen and oxygen atoms in total. The Kier molecular flexibility index (Phi) is 6.79. The average molecular weight is 509 g/mol. The minimum atomic E-state index is -0.526. The van der Waals surface area contributed by atoms with Crippen LogP contribution in [0.2, 0.25) is 0 Å². The first-order chi connectivity index (χ1) is 16.0. The molecule has 1 heterocycles. The first-order valence-electron chi connectivity index (χ1n) is 10.2. The number of esters is 1. The molecule has 0 unspecified atom stereocenters. The Hall–Kier alpha value is -3.58. The highest BCUT2D eigenvalue weighted by Gasteiger charge is 2.23. The molecule has 0 radical (unpaired) electrons. The Bertz CT molecular complexity index is 1360. The van der Waals surface area contributed by atoms with Gasteiger partial charge in [0, 0.05) is 12.0 Å². The van der Waals surface area contributed by atoms with Crippen molar-refractivity contribution < 1.29 is 23.4 Å². The molecular formula is C26H21BrO6. The maximum Gasteiger partial charge on any atom is 0.311 e. The van der Waals surface area contributed by atoms with Gasteiger partial charge >= 0.3 is 5.97 Å². The van der Waals surface area contributed by atoms with Gasteiger partial charge in [-0.15, -0.1) is 0 Å². The largest absolute Gasteiger partial charge is 0.493 e. The van der Waals surface area contributed by atoms with Crippen molar-refractivity contribution in [3.63, 3.8) is 0 Å². The maximum absolute atomic E-state index is 13.3. The Balaban J connectivity index is 1.78. The lowest BCUT2D eigenvalue weighted by Crippen LogP contribution is -2.16. The van der Waals surface area contributed by atoms with E-state index in [0.29, 0.717) is 38.9 Å². The number of carbonyl (C=O) groups is 1. The van der Waals surface area contributed by atoms with Crippen LogP contribution in [-0.4, -0.2) is 20.2 Å². The second kappa shape index (κ2) is 9.92. The Labute approximate surface area is 198 Å². The number of ether oxygens (including phenoxy) is 3. The fraction of sp³-hybridized carbons (Fsp3) is 0.154. The fourth-order valence-electron chi connectivity index (χ4n) is 3.51. The number of hydrogen-bond donors (Lipinski definition) is 0. The van der Waals surface area contributed by atoms with Gasteiger partial charge in [-0.05, 0) is 52.2 Å². The fourth-order valence-corrected chi connectivity index (χ4v) is 4.12. The summed E-state index contributed by atoms with van der Waals surface area (Å²) in [7, 11) is 3.04. The van der Waals surface area contributed by atoms with E-state index in [1.165, 1.54) is 14.2 Å². The second-order valence-corrected chi connectivity index (χ2v) is 8.09. The topological polar surface area (TPSA) is 75.0 Å². The van der Waals surface area contributed by atoms with Crippen molar-refractivity contribution in [3.05, 3.63) is 87.0 Å². The van der Waals surface area contributed by atoms with Gasteiger partial charge in [-0.3, -0.25) is 9.59 Å². The summed E-state index contributed by atoms with van der Waals surface area (Å²) in [6, 6.07) is 19.8. The number of benzene rings is 3. The summed E-state index contributed by atoms with van der Waals surface area (Å²) < 4.78 is 23.0. The third-order valence-electron chi connectivity index (χ3n) is 5.13. The highest BCUT2D eigenvalue weighted by molar-refractivity contribution is 9.10. The van der Waals surface area contributed by atoms with Gasteiger partial charge in [-0.25, -0.2) is 0 Å². The molecule has 0 aliphatic carbocycles. The monoisotopic (exact) mass is 508 g/mol. The zero-order valence-electron chi connectivity index (χ0n) is 18.1. The Morgan fingerprint density at radius 1 is 0.939 bits per heavy atom. The first kappa shape index (κ1) is 22.6. The molecule has 3 aromatic carbocycles. The normalized spacial score (nSPS) is 10.8. The summed E-state index contributed by atoms with van der Waals surface area (Å²) in [5, 5.41) is 0.326. The van der Waals surface area contributed by atoms with Gasteiger partial charge in [0.25, 0.3) is 0 Å². The van der Waals surface area contributed by atoms with Crippen LogP contribution in [0, 0.1) is 0 Å². The third-order valence-corrected chi connectivity index (χ3v) is 5.72. The van der Waals surface area contributed by atoms with E-state index in [4.69, 9.17) is 18.6 Å². The zero-order valence-corrected chi connectivity index (χ0v) is 19.7. The average Bonchev–Trinajstić information content (AvgIpc) is 2.84. The van der Waals surface area contributed by atoms with Crippen LogP contribution in [0.5, 0.6) is 17.2 Å². The van der Waals surface area contributed by atoms with Crippen LogP contribution in [0.25, 0.3) is 22.3 Å². The van der Waals surface area contributed by atoms with E-state index in [1.54, 1.807) is 36.4 Å². The molecule has 0 N–H and O–H groups in total. The molecule has 7 heteroatoms. The SMILES string of the molecule is COc1cc(-c2oc3ccccc3c(=O)c2OC(=O)CCc2ccccc2)cc(Br)c1OC. The van der Waals surface area contributed by atoms with E-state index < -0.39 is 11.4 Å². The van der Waals surface area contributed by atoms with E-state index >= 15 is 0 Å². The lowest BCUT2D eigenvalue weighted by molar-refractivity contribution is -0.134. The van der Waals surface area contributed by atoms with Gasteiger partial charge in [0.15, 0.2) is 17.3 Å². The van der Waals surface area contributed by atoms with Gasteiger partial charge in [0.2, 0.25) is 11.2 Å². The van der Waals surface area contributed by atoms with Gasteiger partial charge in [0.05, 0.1) is 24.1 Å². The van der Waals surface area contributed by atoms with Crippen molar-refractivity contribution in [2.45, 2.75) is 12.8 Å². The molecule has 4 aromatic rings. The highest BCUT2D eigenvalue weighted by Crippen LogP contribution is 2.41. The van der Waals surface area contributed by atoms with E-state index in [-0.39, 0.29) is 17.9 Å². The molecule has 0 bridgehead atoms. The highest BCUT2D eigenvalue weighted by atomic mass is 79.9. The third kappa shape index (κ3) is 4.78. The molecule has 1 aromatic heterocycles. The minimum Gasteiger partial charge on any atom is -0.493 e. The molecule has 0 saturated carbocycles. The molecule has 0 saturated heterocycles. The molecule has 0 spiro atoms. The molecule has 0 atom stereocenters. The minimum absolute atomic E-state index is 0.116. The van der Waals surface area contributed by atoms with Crippen LogP contribution in [-0.2, 0) is 11.2 Å². The van der Waals surface area contributed by atoms with Crippen molar-refractivity contribution in [3.8, 4) is 28.6 Å². The number of methoxy groups -OCH3 is 2. The van der Waals surface area contributed by atoms with Crippen molar-refractivity contribution in [1.29, 1.82) is 0 Å². The summed E-state index contributed by atoms with van der Waals surface area (Å²) in [5.74, 6) is 0.367. The van der Waals surface area contributed by atoms with Crippen molar-refractivity contribution >= 4 is 32.9 Å². The van der Waals surface area contributed by atoms with Crippen LogP contribution >= 0.6 is 15.9 Å². The standard InChI is InChI=1S/C26H21BrO6/c1-30-21-15-17(14-19(27)25(21)31-2)24-26(23(29)18-10-6-7-11-20(18)32-24)33-22(28)13-12-16-8-4-3-5-9-16/h3-11,14-15H,12-13H2,1-2H3. The molecular weight excluding hydrogens is 488 g/mol. The molecule has 33 heavy (non-hydrogen) atoms. The summed E-state index contributed by atoms with van der Waals surface area (Å²) in [4.78, 5) is 26.0. The van der Waals surface area contributed by atoms with Crippen molar-refractivity contribution in [2.24, 2.45) is 0 Å². The summed E-state index contributed by atoms with van der Waals surface area (Å²) >= 11 is 3.46. The smallest absolute Gasteiger partial charge is 0.311 e. The van der Waals surface area contributed by atoms with Gasteiger partial charge in [-0.2, -0.15) is 0 Å². The number of carbonyl (C=O) groups excluding carboxylic acids is 1.